The van der Waals surface area contributed by atoms with Crippen molar-refractivity contribution in [2.45, 2.75) is 86.6 Å². The van der Waals surface area contributed by atoms with Crippen molar-refractivity contribution in [1.82, 2.24) is 54.2 Å². The third kappa shape index (κ3) is 26.7. The zero-order valence-electron chi connectivity index (χ0n) is 60.0. The summed E-state index contributed by atoms with van der Waals surface area (Å²) in [5.41, 5.74) is 39.3. The summed E-state index contributed by atoms with van der Waals surface area (Å²) in [6.07, 6.45) is 9.30. The van der Waals surface area contributed by atoms with Gasteiger partial charge in [0.05, 0.1) is 99.7 Å². The average Bonchev–Trinajstić information content (AvgIpc) is 1.62. The lowest BCUT2D eigenvalue weighted by molar-refractivity contribution is -0.156. The number of aryl methyl sites for hydroxylation is 1. The minimum Gasteiger partial charge on any atom is -0.399 e. The number of morpholine rings is 2. The van der Waals surface area contributed by atoms with Gasteiger partial charge >= 0.3 is 19.1 Å². The highest BCUT2D eigenvalue weighted by atomic mass is 35.5. The van der Waals surface area contributed by atoms with Crippen molar-refractivity contribution in [1.29, 1.82) is 0 Å². The molecule has 12 N–H and O–H groups in total. The van der Waals surface area contributed by atoms with Crippen molar-refractivity contribution >= 4 is 146 Å². The van der Waals surface area contributed by atoms with E-state index in [1.807, 2.05) is 83.1 Å². The highest BCUT2D eigenvalue weighted by molar-refractivity contribution is 6.62. The maximum absolute atomic E-state index is 10.9. The number of anilines is 7. The normalized spacial score (nSPS) is 14.2. The quantitative estimate of drug-likeness (QED) is 0.0220. The van der Waals surface area contributed by atoms with Crippen LogP contribution in [0.3, 0.4) is 0 Å². The van der Waals surface area contributed by atoms with Crippen molar-refractivity contribution in [2.24, 2.45) is 0 Å². The Morgan fingerprint density at radius 1 is 0.528 bits per heavy atom. The summed E-state index contributed by atoms with van der Waals surface area (Å²) in [6.45, 7) is 24.5. The number of nitrogens with two attached hydrogens (primary N) is 5. The van der Waals surface area contributed by atoms with Gasteiger partial charge in [0.2, 0.25) is 11.8 Å². The Balaban J connectivity index is 0.000000181. The fourth-order valence-electron chi connectivity index (χ4n) is 10.0. The van der Waals surface area contributed by atoms with Gasteiger partial charge in [-0.2, -0.15) is 0 Å². The smallest absolute Gasteiger partial charge is 0.399 e. The first-order valence-corrected chi connectivity index (χ1v) is 34.9. The number of imidazole rings is 1. The average molecular weight is 1550 g/mol. The Hall–Kier alpha value is -9.69. The number of aromatic nitrogens is 9. The SMILES string of the molecule is CC(=O)Nc1cnc(-c2ccnc(N)c2)cc1Cl.CC(=O)Nc1cnc(Cl)cc1Cl.CC(=O)OC(C)=O.CC1(C)OB(c2ccnc(N)c2)OC1(C)C.Cc1nc2ccc(-c3ccnc(N)c3)nc2n1-c1cccc(CN2CCOCC2)c1.Nc1cccc(CN2CCOCC2)c1.Nc1cnc(Cl)cc1Cl. The van der Waals surface area contributed by atoms with E-state index in [1.54, 1.807) is 42.9 Å². The van der Waals surface area contributed by atoms with Crippen molar-refractivity contribution in [2.75, 3.05) is 91.9 Å². The van der Waals surface area contributed by atoms with Crippen LogP contribution in [0.15, 0.2) is 152 Å². The predicted octanol–water partition coefficient (Wildman–Crippen LogP) is 12.0. The van der Waals surface area contributed by atoms with Crippen LogP contribution < -0.4 is 44.8 Å². The number of carbonyl (C=O) groups excluding carboxylic acids is 4. The summed E-state index contributed by atoms with van der Waals surface area (Å²) < 4.78 is 28.6. The second-order valence-electron chi connectivity index (χ2n) is 24.8. The second kappa shape index (κ2) is 40.2. The Morgan fingerprint density at radius 2 is 1.01 bits per heavy atom. The van der Waals surface area contributed by atoms with Gasteiger partial charge in [0, 0.05) is 108 Å². The van der Waals surface area contributed by atoms with Crippen LogP contribution in [0, 0.1) is 6.92 Å². The second-order valence-corrected chi connectivity index (χ2v) is 26.8. The number of hydrogen-bond donors (Lipinski definition) is 7. The van der Waals surface area contributed by atoms with E-state index in [2.05, 4.69) is 90.0 Å². The first kappa shape index (κ1) is 83.6. The molecule has 558 valence electrons. The molecule has 11 heterocycles. The molecule has 3 saturated heterocycles. The topological polar surface area (TPSA) is 383 Å². The molecule has 0 atom stereocenters. The molecule has 3 aliphatic rings. The molecule has 0 radical (unpaired) electrons. The maximum Gasteiger partial charge on any atom is 0.495 e. The first-order valence-electron chi connectivity index (χ1n) is 33.0. The summed E-state index contributed by atoms with van der Waals surface area (Å²) in [6, 6.07) is 36.2. The summed E-state index contributed by atoms with van der Waals surface area (Å²) in [5, 5.41) is 7.00. The van der Waals surface area contributed by atoms with Gasteiger partial charge in [0.1, 0.15) is 39.1 Å². The van der Waals surface area contributed by atoms with E-state index in [-0.39, 0.29) is 30.1 Å². The fourth-order valence-corrected chi connectivity index (χ4v) is 11.0. The largest absolute Gasteiger partial charge is 0.495 e. The standard InChI is InChI=1S/C23H24N6O.C12H11ClN4O.C11H17BN2O2.C11H16N2O.C7H6Cl2N2O.C5H4Cl2N2.C4H6O3/c1-16-26-21-6-5-20(18-7-8-25-22(24)14-18)27-23(21)29(16)19-4-2-3-17(13-19)15-28-9-11-30-12-10-28;1-7(18)17-11-6-16-10(5-9(11)13)8-2-3-15-12(14)4-8;1-10(2)11(3,4)16-12(15-10)8-5-6-14-9(13)7-8;12-11-3-1-2-10(8-11)9-13-4-6-14-7-5-13;1-4(12)11-6-3-10-7(9)2-5(6)8;6-3-1-5(7)9-2-4(3)8;1-3(5)7-4(2)6/h2-8,13-14H,9-12,15H2,1H3,(H2,24,25);2-6H,1H3,(H2,14,15)(H,17,18);5-7H,1-4H3,(H2,13,14);1-3,8H,4-7,9,12H2;2-3H,1H3,(H,11,12);1-2H,8H2;1-2H3. The molecule has 106 heavy (non-hydrogen) atoms. The minimum atomic E-state index is -0.562. The van der Waals surface area contributed by atoms with E-state index in [0.29, 0.717) is 65.6 Å². The van der Waals surface area contributed by atoms with Gasteiger partial charge in [-0.1, -0.05) is 82.3 Å². The minimum absolute atomic E-state index is 0.193. The van der Waals surface area contributed by atoms with Crippen LogP contribution in [0.1, 0.15) is 72.3 Å². The molecule has 0 saturated carbocycles. The highest BCUT2D eigenvalue weighted by Gasteiger charge is 2.51. The van der Waals surface area contributed by atoms with E-state index in [9.17, 15) is 19.2 Å². The van der Waals surface area contributed by atoms with Gasteiger partial charge in [0.25, 0.3) is 0 Å². The third-order valence-electron chi connectivity index (χ3n) is 15.7. The van der Waals surface area contributed by atoms with Crippen molar-refractivity contribution in [3.05, 3.63) is 195 Å². The van der Waals surface area contributed by atoms with E-state index < -0.39 is 11.9 Å². The molecule has 3 fully saturated rings. The zero-order valence-corrected chi connectivity index (χ0v) is 63.7. The Kier molecular flexibility index (Phi) is 31.7. The van der Waals surface area contributed by atoms with Crippen LogP contribution in [0.2, 0.25) is 25.4 Å². The number of pyridine rings is 7. The van der Waals surface area contributed by atoms with Crippen LogP contribution in [0.5, 0.6) is 0 Å². The molecular weight excluding hydrogens is 1460 g/mol. The van der Waals surface area contributed by atoms with Gasteiger partial charge < -0.3 is 62.8 Å². The van der Waals surface area contributed by atoms with Crippen LogP contribution in [0.4, 0.5) is 40.2 Å². The fraction of sp³-hybridized carbons (Fsp3) is 0.288. The molecule has 10 aromatic rings. The number of amides is 2. The van der Waals surface area contributed by atoms with E-state index in [1.165, 1.54) is 69.5 Å². The van der Waals surface area contributed by atoms with Crippen LogP contribution >= 0.6 is 58.0 Å². The molecular formula is C73H84BCl5N18O9. The number of nitrogen functional groups attached to an aromatic ring is 5. The Bertz CT molecular complexity index is 4600. The Labute approximate surface area is 640 Å². The number of ether oxygens (including phenoxy) is 3. The van der Waals surface area contributed by atoms with Crippen LogP contribution in [0.25, 0.3) is 39.4 Å². The molecule has 27 nitrogen and oxygen atoms in total. The number of nitrogens with zero attached hydrogens (tertiary/aromatic N) is 11. The lowest BCUT2D eigenvalue weighted by Gasteiger charge is -2.32. The van der Waals surface area contributed by atoms with Gasteiger partial charge in [-0.3, -0.25) is 38.5 Å². The van der Waals surface area contributed by atoms with Crippen molar-refractivity contribution < 1.29 is 42.7 Å². The molecule has 0 aliphatic carbocycles. The lowest BCUT2D eigenvalue weighted by atomic mass is 9.80. The number of esters is 2. The molecule has 0 spiro atoms. The summed E-state index contributed by atoms with van der Waals surface area (Å²) in [7, 11) is -0.365. The molecule has 0 bridgehead atoms. The predicted molar refractivity (Wildman–Crippen MR) is 420 cm³/mol. The van der Waals surface area contributed by atoms with Gasteiger partial charge in [-0.05, 0) is 142 Å². The number of rotatable bonds is 10. The number of benzene rings is 2. The monoisotopic (exact) mass is 1540 g/mol. The number of carbonyl (C=O) groups is 4. The molecule has 33 heteroatoms. The number of halogens is 5. The van der Waals surface area contributed by atoms with Gasteiger partial charge in [0.15, 0.2) is 5.65 Å². The van der Waals surface area contributed by atoms with E-state index in [0.717, 1.165) is 116 Å². The van der Waals surface area contributed by atoms with Crippen LogP contribution in [-0.2, 0) is 55.8 Å². The first-order chi connectivity index (χ1) is 50.3. The third-order valence-corrected chi connectivity index (χ3v) is 17.1. The molecule has 2 amide bonds. The molecule has 13 rings (SSSR count). The Morgan fingerprint density at radius 3 is 1.48 bits per heavy atom. The van der Waals surface area contributed by atoms with Gasteiger partial charge in [-0.15, -0.1) is 0 Å². The molecule has 3 aliphatic heterocycles. The van der Waals surface area contributed by atoms with Gasteiger partial charge in [-0.25, -0.2) is 34.9 Å². The summed E-state index contributed by atoms with van der Waals surface area (Å²) in [4.78, 5) is 79.2. The number of fused-ring (bicyclic) bond motifs is 1. The lowest BCUT2D eigenvalue weighted by Crippen LogP contribution is -2.41. The number of nitrogens with one attached hydrogen (secondary N) is 2. The summed E-state index contributed by atoms with van der Waals surface area (Å²) in [5.74, 6) is 0.770. The number of hydrogen-bond acceptors (Lipinski definition) is 24. The van der Waals surface area contributed by atoms with E-state index in [4.69, 9.17) is 115 Å². The molecule has 2 aromatic carbocycles. The van der Waals surface area contributed by atoms with Crippen molar-refractivity contribution in [3.63, 3.8) is 0 Å². The molecule has 0 unspecified atom stereocenters. The summed E-state index contributed by atoms with van der Waals surface area (Å²) >= 11 is 28.4. The van der Waals surface area contributed by atoms with Crippen molar-refractivity contribution in [3.8, 4) is 28.2 Å². The van der Waals surface area contributed by atoms with E-state index >= 15 is 0 Å². The molecule has 8 aromatic heterocycles. The van der Waals surface area contributed by atoms with Crippen LogP contribution in [-0.4, -0.2) is 149 Å². The maximum atomic E-state index is 10.9. The zero-order chi connectivity index (χ0) is 77.3. The highest BCUT2D eigenvalue weighted by Crippen LogP contribution is 2.37.